The van der Waals surface area contributed by atoms with Gasteiger partial charge in [0.25, 0.3) is 0 Å². The number of sulfonamides is 1. The first-order valence-electron chi connectivity index (χ1n) is 6.80. The van der Waals surface area contributed by atoms with E-state index >= 15 is 0 Å². The largest absolute Gasteiger partial charge is 0.351 e. The van der Waals surface area contributed by atoms with E-state index in [0.29, 0.717) is 19.4 Å². The second-order valence-corrected chi connectivity index (χ2v) is 7.74. The number of halogens is 1. The highest BCUT2D eigenvalue weighted by atomic mass is 35.5. The van der Waals surface area contributed by atoms with Crippen LogP contribution in [0.4, 0.5) is 0 Å². The van der Waals surface area contributed by atoms with Gasteiger partial charge in [-0.2, -0.15) is 0 Å². The first kappa shape index (κ1) is 16.3. The first-order chi connectivity index (χ1) is 9.90. The fourth-order valence-corrected chi connectivity index (χ4v) is 4.27. The number of amides is 1. The van der Waals surface area contributed by atoms with Gasteiger partial charge in [-0.05, 0) is 25.3 Å². The standard InChI is InChI=1S/C14H19ClN2O3S/c1-11(17-21(19,20)14(10-15)7-8-14)13(18)16-9-12-5-3-2-4-6-12/h2-6,11,17H,7-10H2,1H3,(H,16,18). The molecule has 1 aromatic carbocycles. The Hall–Kier alpha value is -1.11. The van der Waals surface area contributed by atoms with E-state index in [0.717, 1.165) is 5.56 Å². The first-order valence-corrected chi connectivity index (χ1v) is 8.81. The Kier molecular flexibility index (Phi) is 4.91. The molecule has 1 atom stereocenters. The molecular formula is C14H19ClN2O3S. The van der Waals surface area contributed by atoms with Gasteiger partial charge in [0.2, 0.25) is 15.9 Å². The monoisotopic (exact) mass is 330 g/mol. The average molecular weight is 331 g/mol. The SMILES string of the molecule is CC(NS(=O)(=O)C1(CCl)CC1)C(=O)NCc1ccccc1. The van der Waals surface area contributed by atoms with Crippen molar-refractivity contribution in [1.82, 2.24) is 10.0 Å². The maximum Gasteiger partial charge on any atom is 0.238 e. The van der Waals surface area contributed by atoms with Crippen LogP contribution in [0.15, 0.2) is 30.3 Å². The van der Waals surface area contributed by atoms with Gasteiger partial charge in [-0.25, -0.2) is 13.1 Å². The minimum absolute atomic E-state index is 0.0562. The Morgan fingerprint density at radius 2 is 1.95 bits per heavy atom. The third kappa shape index (κ3) is 3.75. The maximum atomic E-state index is 12.2. The zero-order valence-corrected chi connectivity index (χ0v) is 13.4. The van der Waals surface area contributed by atoms with E-state index in [1.165, 1.54) is 6.92 Å². The van der Waals surface area contributed by atoms with Crippen LogP contribution in [-0.2, 0) is 21.4 Å². The summed E-state index contributed by atoms with van der Waals surface area (Å²) in [7, 11) is -3.57. The molecule has 0 spiro atoms. The van der Waals surface area contributed by atoms with Crippen LogP contribution in [0.1, 0.15) is 25.3 Å². The van der Waals surface area contributed by atoms with Crippen LogP contribution in [0.25, 0.3) is 0 Å². The summed E-state index contributed by atoms with van der Waals surface area (Å²) in [5.41, 5.74) is 0.959. The van der Waals surface area contributed by atoms with Crippen LogP contribution in [0.5, 0.6) is 0 Å². The summed E-state index contributed by atoms with van der Waals surface area (Å²) in [6.07, 6.45) is 1.09. The van der Waals surface area contributed by atoms with Gasteiger partial charge in [0.15, 0.2) is 0 Å². The molecule has 0 bridgehead atoms. The molecule has 5 nitrogen and oxygen atoms in total. The highest BCUT2D eigenvalue weighted by Gasteiger charge is 2.54. The predicted molar refractivity (Wildman–Crippen MR) is 82.5 cm³/mol. The van der Waals surface area contributed by atoms with Gasteiger partial charge < -0.3 is 5.32 Å². The number of carbonyl (C=O) groups excluding carboxylic acids is 1. The molecule has 1 aromatic rings. The maximum absolute atomic E-state index is 12.2. The summed E-state index contributed by atoms with van der Waals surface area (Å²) >= 11 is 5.72. The summed E-state index contributed by atoms with van der Waals surface area (Å²) < 4.78 is 25.9. The van der Waals surface area contributed by atoms with E-state index in [-0.39, 0.29) is 11.8 Å². The van der Waals surface area contributed by atoms with E-state index < -0.39 is 20.8 Å². The molecule has 0 aromatic heterocycles. The normalized spacial score (nSPS) is 18.0. The number of hydrogen-bond acceptors (Lipinski definition) is 3. The van der Waals surface area contributed by atoms with Gasteiger partial charge in [0.1, 0.15) is 0 Å². The Labute approximate surface area is 130 Å². The van der Waals surface area contributed by atoms with Crippen molar-refractivity contribution in [3.63, 3.8) is 0 Å². The highest BCUT2D eigenvalue weighted by molar-refractivity contribution is 7.91. The van der Waals surface area contributed by atoms with E-state index in [2.05, 4.69) is 10.0 Å². The van der Waals surface area contributed by atoms with Crippen LogP contribution in [-0.4, -0.2) is 31.0 Å². The molecule has 1 unspecified atom stereocenters. The number of alkyl halides is 1. The summed E-state index contributed by atoms with van der Waals surface area (Å²) in [5, 5.41) is 2.71. The molecule has 0 radical (unpaired) electrons. The molecule has 0 aliphatic heterocycles. The lowest BCUT2D eigenvalue weighted by atomic mass is 10.2. The third-order valence-electron chi connectivity index (χ3n) is 3.66. The van der Waals surface area contributed by atoms with E-state index in [9.17, 15) is 13.2 Å². The number of carbonyl (C=O) groups is 1. The Morgan fingerprint density at radius 3 is 2.48 bits per heavy atom. The summed E-state index contributed by atoms with van der Waals surface area (Å²) in [6, 6.07) is 8.61. The molecule has 2 N–H and O–H groups in total. The molecule has 0 heterocycles. The topological polar surface area (TPSA) is 75.3 Å². The molecule has 1 fully saturated rings. The van der Waals surface area contributed by atoms with E-state index in [1.807, 2.05) is 30.3 Å². The van der Waals surface area contributed by atoms with Crippen molar-refractivity contribution in [1.29, 1.82) is 0 Å². The molecule has 0 saturated heterocycles. The zero-order chi connectivity index (χ0) is 15.5. The van der Waals surface area contributed by atoms with Crippen molar-refractivity contribution in [2.75, 3.05) is 5.88 Å². The number of benzene rings is 1. The molecule has 21 heavy (non-hydrogen) atoms. The minimum atomic E-state index is -3.57. The minimum Gasteiger partial charge on any atom is -0.351 e. The van der Waals surface area contributed by atoms with E-state index in [1.54, 1.807) is 0 Å². The predicted octanol–water partition coefficient (Wildman–Crippen LogP) is 1.38. The fourth-order valence-electron chi connectivity index (χ4n) is 1.96. The van der Waals surface area contributed by atoms with Crippen molar-refractivity contribution in [3.8, 4) is 0 Å². The van der Waals surface area contributed by atoms with Crippen molar-refractivity contribution in [2.24, 2.45) is 0 Å². The summed E-state index contributed by atoms with van der Waals surface area (Å²) in [5.74, 6) is -0.298. The summed E-state index contributed by atoms with van der Waals surface area (Å²) in [4.78, 5) is 12.0. The second-order valence-electron chi connectivity index (χ2n) is 5.36. The Bertz CT molecular complexity index is 600. The summed E-state index contributed by atoms with van der Waals surface area (Å²) in [6.45, 7) is 1.90. The molecule has 1 saturated carbocycles. The molecular weight excluding hydrogens is 312 g/mol. The van der Waals surface area contributed by atoms with Crippen LogP contribution in [0.3, 0.4) is 0 Å². The molecule has 7 heteroatoms. The molecule has 1 aliphatic carbocycles. The second kappa shape index (κ2) is 6.34. The van der Waals surface area contributed by atoms with Crippen molar-refractivity contribution >= 4 is 27.5 Å². The lowest BCUT2D eigenvalue weighted by Gasteiger charge is -2.18. The van der Waals surface area contributed by atoms with Crippen LogP contribution in [0.2, 0.25) is 0 Å². The quantitative estimate of drug-likeness (QED) is 0.742. The van der Waals surface area contributed by atoms with Gasteiger partial charge >= 0.3 is 0 Å². The van der Waals surface area contributed by atoms with Gasteiger partial charge in [-0.1, -0.05) is 30.3 Å². The smallest absolute Gasteiger partial charge is 0.238 e. The third-order valence-corrected chi connectivity index (χ3v) is 6.68. The zero-order valence-electron chi connectivity index (χ0n) is 11.8. The van der Waals surface area contributed by atoms with E-state index in [4.69, 9.17) is 11.6 Å². The van der Waals surface area contributed by atoms with Crippen molar-refractivity contribution in [3.05, 3.63) is 35.9 Å². The van der Waals surface area contributed by atoms with Gasteiger partial charge in [-0.15, -0.1) is 11.6 Å². The van der Waals surface area contributed by atoms with Crippen LogP contribution < -0.4 is 10.0 Å². The molecule has 116 valence electrons. The van der Waals surface area contributed by atoms with Gasteiger partial charge in [0, 0.05) is 12.4 Å². The number of rotatable bonds is 7. The van der Waals surface area contributed by atoms with Crippen LogP contribution >= 0.6 is 11.6 Å². The van der Waals surface area contributed by atoms with Gasteiger partial charge in [-0.3, -0.25) is 4.79 Å². The van der Waals surface area contributed by atoms with Crippen molar-refractivity contribution < 1.29 is 13.2 Å². The lowest BCUT2D eigenvalue weighted by Crippen LogP contribution is -2.48. The Morgan fingerprint density at radius 1 is 1.33 bits per heavy atom. The average Bonchev–Trinajstić information content (AvgIpc) is 3.27. The molecule has 2 rings (SSSR count). The van der Waals surface area contributed by atoms with Gasteiger partial charge in [0.05, 0.1) is 10.8 Å². The Balaban J connectivity index is 1.88. The molecule has 1 amide bonds. The fraction of sp³-hybridized carbons (Fsp3) is 0.500. The number of hydrogen-bond donors (Lipinski definition) is 2. The lowest BCUT2D eigenvalue weighted by molar-refractivity contribution is -0.122. The van der Waals surface area contributed by atoms with Crippen LogP contribution in [0, 0.1) is 0 Å². The van der Waals surface area contributed by atoms with Crippen molar-refractivity contribution in [2.45, 2.75) is 37.1 Å². The number of nitrogens with one attached hydrogen (secondary N) is 2. The highest BCUT2D eigenvalue weighted by Crippen LogP contribution is 2.43. The molecule has 1 aliphatic rings.